The largest absolute Gasteiger partial charge is 0.435 e. The Morgan fingerprint density at radius 3 is 2.57 bits per heavy atom. The van der Waals surface area contributed by atoms with Gasteiger partial charge in [-0.1, -0.05) is 31.2 Å². The van der Waals surface area contributed by atoms with Crippen molar-refractivity contribution >= 4 is 0 Å². The molecule has 160 valence electrons. The molecular weight excluding hydrogens is 392 g/mol. The molecule has 30 heavy (non-hydrogen) atoms. The van der Waals surface area contributed by atoms with E-state index in [1.54, 1.807) is 0 Å². The van der Waals surface area contributed by atoms with Crippen LogP contribution in [0.4, 0.5) is 17.6 Å². The van der Waals surface area contributed by atoms with Crippen molar-refractivity contribution in [3.8, 4) is 16.9 Å². The van der Waals surface area contributed by atoms with Crippen molar-refractivity contribution in [3.63, 3.8) is 0 Å². The van der Waals surface area contributed by atoms with Crippen LogP contribution in [0.3, 0.4) is 0 Å². The first-order chi connectivity index (χ1) is 14.5. The van der Waals surface area contributed by atoms with Crippen LogP contribution in [0.5, 0.6) is 5.75 Å². The van der Waals surface area contributed by atoms with Gasteiger partial charge in [0.05, 0.1) is 5.56 Å². The molecule has 0 aliphatic heterocycles. The van der Waals surface area contributed by atoms with E-state index >= 15 is 8.78 Å². The Labute approximate surface area is 174 Å². The van der Waals surface area contributed by atoms with Crippen molar-refractivity contribution in [3.05, 3.63) is 65.2 Å². The lowest BCUT2D eigenvalue weighted by Gasteiger charge is -2.40. The van der Waals surface area contributed by atoms with Crippen LogP contribution in [0.2, 0.25) is 0 Å². The van der Waals surface area contributed by atoms with Crippen LogP contribution in [0, 0.1) is 23.5 Å². The molecule has 2 aromatic carbocycles. The Bertz CT molecular complexity index is 920. The van der Waals surface area contributed by atoms with Gasteiger partial charge < -0.3 is 4.74 Å². The number of rotatable bonds is 5. The number of alkyl halides is 2. The lowest BCUT2D eigenvalue weighted by Crippen LogP contribution is -2.28. The molecule has 0 radical (unpaired) electrons. The minimum Gasteiger partial charge on any atom is -0.435 e. The third-order valence-corrected chi connectivity index (χ3v) is 6.55. The van der Waals surface area contributed by atoms with Gasteiger partial charge in [0.2, 0.25) is 0 Å². The first kappa shape index (κ1) is 21.0. The molecule has 1 fully saturated rings. The average Bonchev–Trinajstić information content (AvgIpc) is 2.72. The second-order valence-corrected chi connectivity index (χ2v) is 8.33. The van der Waals surface area contributed by atoms with E-state index in [0.717, 1.165) is 37.7 Å². The summed E-state index contributed by atoms with van der Waals surface area (Å²) in [5.41, 5.74) is 1.67. The number of fused-ring (bicyclic) bond motifs is 3. The van der Waals surface area contributed by atoms with Gasteiger partial charge in [-0.05, 0) is 91.2 Å². The van der Waals surface area contributed by atoms with Crippen LogP contribution in [-0.4, -0.2) is 6.61 Å². The third-order valence-electron chi connectivity index (χ3n) is 6.55. The second kappa shape index (κ2) is 8.83. The Morgan fingerprint density at radius 2 is 1.87 bits per heavy atom. The van der Waals surface area contributed by atoms with E-state index in [1.165, 1.54) is 30.3 Å². The van der Waals surface area contributed by atoms with Crippen molar-refractivity contribution in [2.24, 2.45) is 11.8 Å². The quantitative estimate of drug-likeness (QED) is 0.358. The number of ether oxygens (including phenoxy) is 1. The van der Waals surface area contributed by atoms with Gasteiger partial charge in [-0.3, -0.25) is 0 Å². The highest BCUT2D eigenvalue weighted by atomic mass is 19.3. The molecule has 0 spiro atoms. The molecule has 3 atom stereocenters. The minimum absolute atomic E-state index is 0.0377. The Morgan fingerprint density at radius 1 is 1.10 bits per heavy atom. The summed E-state index contributed by atoms with van der Waals surface area (Å²) in [5, 5.41) is 0. The minimum atomic E-state index is -2.94. The lowest BCUT2D eigenvalue weighted by molar-refractivity contribution is -0.0498. The second-order valence-electron chi connectivity index (χ2n) is 8.33. The van der Waals surface area contributed by atoms with E-state index in [2.05, 4.69) is 23.8 Å². The van der Waals surface area contributed by atoms with E-state index in [1.807, 2.05) is 0 Å². The van der Waals surface area contributed by atoms with E-state index in [0.29, 0.717) is 29.4 Å². The van der Waals surface area contributed by atoms with Crippen LogP contribution in [0.15, 0.2) is 42.5 Å². The monoisotopic (exact) mass is 418 g/mol. The summed E-state index contributed by atoms with van der Waals surface area (Å²) in [6.45, 7) is -0.810. The number of allylic oxidation sites excluding steroid dienone is 2. The summed E-state index contributed by atoms with van der Waals surface area (Å²) < 4.78 is 59.4. The van der Waals surface area contributed by atoms with Crippen molar-refractivity contribution in [1.29, 1.82) is 0 Å². The zero-order valence-electron chi connectivity index (χ0n) is 17.0. The molecule has 0 aromatic heterocycles. The molecule has 0 N–H and O–H groups in total. The van der Waals surface area contributed by atoms with Crippen LogP contribution in [0.1, 0.15) is 56.1 Å². The summed E-state index contributed by atoms with van der Waals surface area (Å²) >= 11 is 0. The van der Waals surface area contributed by atoms with E-state index in [-0.39, 0.29) is 17.2 Å². The van der Waals surface area contributed by atoms with Crippen LogP contribution in [0.25, 0.3) is 11.1 Å². The maximum absolute atomic E-state index is 15.4. The van der Waals surface area contributed by atoms with Crippen LogP contribution in [-0.2, 0) is 6.42 Å². The van der Waals surface area contributed by atoms with Gasteiger partial charge in [0.15, 0.2) is 0 Å². The van der Waals surface area contributed by atoms with Gasteiger partial charge in [0.1, 0.15) is 17.4 Å². The molecule has 1 saturated carbocycles. The third kappa shape index (κ3) is 4.12. The summed E-state index contributed by atoms with van der Waals surface area (Å²) in [4.78, 5) is 0. The number of benzene rings is 2. The topological polar surface area (TPSA) is 9.23 Å². The SMILES string of the molecule is CC/C=C/[C@@H]1CC[C@@H]2c3cc(F)c(-c4ccc(OC(F)F)cc4)c(F)c3CC[C@@H]2C1. The van der Waals surface area contributed by atoms with Crippen molar-refractivity contribution < 1.29 is 22.3 Å². The van der Waals surface area contributed by atoms with Crippen LogP contribution >= 0.6 is 0 Å². The summed E-state index contributed by atoms with van der Waals surface area (Å²) in [5.74, 6) is 0.0921. The molecule has 0 bridgehead atoms. The number of halogens is 4. The molecule has 4 rings (SSSR count). The maximum Gasteiger partial charge on any atom is 0.387 e. The highest BCUT2D eigenvalue weighted by molar-refractivity contribution is 5.68. The predicted octanol–water partition coefficient (Wildman–Crippen LogP) is 7.65. The summed E-state index contributed by atoms with van der Waals surface area (Å²) in [7, 11) is 0. The van der Waals surface area contributed by atoms with E-state index in [4.69, 9.17) is 0 Å². The normalized spacial score (nSPS) is 23.5. The van der Waals surface area contributed by atoms with E-state index < -0.39 is 18.2 Å². The molecule has 0 heterocycles. The first-order valence-electron chi connectivity index (χ1n) is 10.7. The van der Waals surface area contributed by atoms with Crippen LogP contribution < -0.4 is 4.74 Å². The fourth-order valence-corrected chi connectivity index (χ4v) is 5.19. The Balaban J connectivity index is 1.62. The highest BCUT2D eigenvalue weighted by Crippen LogP contribution is 2.49. The van der Waals surface area contributed by atoms with Gasteiger partial charge in [0, 0.05) is 0 Å². The van der Waals surface area contributed by atoms with Gasteiger partial charge in [0.25, 0.3) is 0 Å². The smallest absolute Gasteiger partial charge is 0.387 e. The molecule has 2 aliphatic rings. The Hall–Kier alpha value is -2.30. The molecule has 1 nitrogen and oxygen atoms in total. The molecular formula is C25H26F4O. The molecule has 5 heteroatoms. The molecule has 0 amide bonds. The van der Waals surface area contributed by atoms with Crippen molar-refractivity contribution in [2.45, 2.75) is 58.0 Å². The van der Waals surface area contributed by atoms with Crippen molar-refractivity contribution in [2.75, 3.05) is 0 Å². The summed E-state index contributed by atoms with van der Waals surface area (Å²) in [6, 6.07) is 6.96. The molecule has 2 aliphatic carbocycles. The van der Waals surface area contributed by atoms with Gasteiger partial charge in [-0.15, -0.1) is 0 Å². The molecule has 2 aromatic rings. The van der Waals surface area contributed by atoms with Crippen molar-refractivity contribution in [1.82, 2.24) is 0 Å². The first-order valence-corrected chi connectivity index (χ1v) is 10.7. The Kier molecular flexibility index (Phi) is 6.16. The molecule has 0 unspecified atom stereocenters. The molecule has 0 saturated heterocycles. The zero-order chi connectivity index (χ0) is 21.3. The maximum atomic E-state index is 15.4. The standard InChI is InChI=1S/C25H26F4O/c1-2-3-4-15-5-11-19-17(13-15)8-12-20-21(19)14-22(26)23(24(20)27)16-6-9-18(10-7-16)30-25(28)29/h3-4,6-7,9-10,14-15,17,19,25H,2,5,8,11-13H2,1H3/b4-3+/t15-,17-,19+/m1/s1. The highest BCUT2D eigenvalue weighted by Gasteiger charge is 2.37. The fraction of sp³-hybridized carbons (Fsp3) is 0.440. The fourth-order valence-electron chi connectivity index (χ4n) is 5.19. The average molecular weight is 418 g/mol. The van der Waals surface area contributed by atoms with E-state index in [9.17, 15) is 8.78 Å². The van der Waals surface area contributed by atoms with Gasteiger partial charge in [-0.25, -0.2) is 8.78 Å². The predicted molar refractivity (Wildman–Crippen MR) is 110 cm³/mol. The number of hydrogen-bond acceptors (Lipinski definition) is 1. The summed E-state index contributed by atoms with van der Waals surface area (Å²) in [6.07, 6.45) is 10.1. The lowest BCUT2D eigenvalue weighted by atomic mass is 9.65. The zero-order valence-corrected chi connectivity index (χ0v) is 17.0. The van der Waals surface area contributed by atoms with Gasteiger partial charge in [-0.2, -0.15) is 8.78 Å². The van der Waals surface area contributed by atoms with Gasteiger partial charge >= 0.3 is 6.61 Å². The number of hydrogen-bond donors (Lipinski definition) is 0.